The first kappa shape index (κ1) is 22.5. The summed E-state index contributed by atoms with van der Waals surface area (Å²) in [5.41, 5.74) is 0.416. The summed E-state index contributed by atoms with van der Waals surface area (Å²) in [6, 6.07) is 11.9. The van der Waals surface area contributed by atoms with Gasteiger partial charge in [-0.25, -0.2) is 8.42 Å². The minimum Gasteiger partial charge on any atom is -0.303 e. The molecule has 0 spiro atoms. The molecule has 1 aromatic heterocycles. The number of hydrogen-bond donors (Lipinski definition) is 0. The minimum atomic E-state index is -4.05. The van der Waals surface area contributed by atoms with Gasteiger partial charge in [-0.2, -0.15) is 13.1 Å². The highest BCUT2D eigenvalue weighted by atomic mass is 32.2. The molecule has 9 nitrogen and oxygen atoms in total. The number of rotatable bonds is 6. The molecule has 1 aliphatic rings. The van der Waals surface area contributed by atoms with E-state index in [1.807, 2.05) is 4.90 Å². The number of nitrogens with zero attached hydrogens (tertiary/aromatic N) is 5. The molecular formula is C19H19F2N5O4S2. The lowest BCUT2D eigenvalue weighted by Gasteiger charge is -2.34. The Bertz CT molecular complexity index is 1330. The predicted molar refractivity (Wildman–Crippen MR) is 115 cm³/mol. The number of halogens is 2. The topological polar surface area (TPSA) is 93.6 Å². The Morgan fingerprint density at radius 3 is 2.22 bits per heavy atom. The van der Waals surface area contributed by atoms with Gasteiger partial charge in [-0.1, -0.05) is 24.3 Å². The number of sulfonamides is 1. The van der Waals surface area contributed by atoms with Crippen LogP contribution in [0.3, 0.4) is 0 Å². The molecule has 1 aliphatic heterocycles. The lowest BCUT2D eigenvalue weighted by atomic mass is 10.3. The molecule has 0 bridgehead atoms. The maximum absolute atomic E-state index is 13.5. The van der Waals surface area contributed by atoms with Crippen LogP contribution in [0.1, 0.15) is 6.55 Å². The van der Waals surface area contributed by atoms with Crippen LogP contribution in [0.25, 0.3) is 11.0 Å². The van der Waals surface area contributed by atoms with Crippen molar-refractivity contribution in [2.45, 2.75) is 18.1 Å². The van der Waals surface area contributed by atoms with Gasteiger partial charge in [-0.3, -0.25) is 19.6 Å². The summed E-state index contributed by atoms with van der Waals surface area (Å²) >= 11 is 5.27. The molecule has 32 heavy (non-hydrogen) atoms. The van der Waals surface area contributed by atoms with E-state index in [1.165, 1.54) is 22.5 Å². The van der Waals surface area contributed by atoms with Crippen molar-refractivity contribution in [2.24, 2.45) is 0 Å². The highest BCUT2D eigenvalue weighted by Gasteiger charge is 2.33. The van der Waals surface area contributed by atoms with E-state index in [0.29, 0.717) is 24.1 Å². The van der Waals surface area contributed by atoms with Gasteiger partial charge in [0, 0.05) is 32.2 Å². The van der Waals surface area contributed by atoms with Gasteiger partial charge in [0.15, 0.2) is 9.67 Å². The molecule has 0 aliphatic carbocycles. The first-order chi connectivity index (χ1) is 15.2. The molecule has 0 amide bonds. The molecule has 0 unspecified atom stereocenters. The van der Waals surface area contributed by atoms with Gasteiger partial charge in [0.25, 0.3) is 5.69 Å². The van der Waals surface area contributed by atoms with Crippen molar-refractivity contribution in [3.05, 3.63) is 63.4 Å². The zero-order chi connectivity index (χ0) is 23.0. The summed E-state index contributed by atoms with van der Waals surface area (Å²) in [5, 5.41) is 11.2. The van der Waals surface area contributed by atoms with Gasteiger partial charge in [0.05, 0.1) is 22.6 Å². The fourth-order valence-corrected chi connectivity index (χ4v) is 5.75. The van der Waals surface area contributed by atoms with Crippen LogP contribution in [0.2, 0.25) is 0 Å². The van der Waals surface area contributed by atoms with E-state index in [9.17, 15) is 27.3 Å². The first-order valence-corrected chi connectivity index (χ1v) is 11.5. The molecular weight excluding hydrogens is 464 g/mol. The van der Waals surface area contributed by atoms with E-state index in [-0.39, 0.29) is 29.4 Å². The van der Waals surface area contributed by atoms with Crippen molar-refractivity contribution in [3.8, 4) is 0 Å². The standard InChI is InChI=1S/C19H19F2N5O4S2/c20-18(21)25-15-6-2-1-5-14(15)24(19(25)31)13-22-9-11-23(12-10-22)32(29,30)17-8-4-3-7-16(17)26(27)28/h1-8,18H,9-13H2. The summed E-state index contributed by atoms with van der Waals surface area (Å²) in [6.45, 7) is -1.72. The smallest absolute Gasteiger partial charge is 0.303 e. The number of nitro benzene ring substituents is 1. The third-order valence-electron chi connectivity index (χ3n) is 5.42. The Kier molecular flexibility index (Phi) is 6.07. The quantitative estimate of drug-likeness (QED) is 0.303. The normalized spacial score (nSPS) is 16.1. The number of fused-ring (bicyclic) bond motifs is 1. The monoisotopic (exact) mass is 483 g/mol. The van der Waals surface area contributed by atoms with Crippen LogP contribution in [-0.4, -0.2) is 57.9 Å². The van der Waals surface area contributed by atoms with E-state index < -0.39 is 27.2 Å². The number of imidazole rings is 1. The average molecular weight is 484 g/mol. The second-order valence-electron chi connectivity index (χ2n) is 7.24. The summed E-state index contributed by atoms with van der Waals surface area (Å²) in [4.78, 5) is 12.1. The number of aromatic nitrogens is 2. The van der Waals surface area contributed by atoms with Crippen molar-refractivity contribution in [3.63, 3.8) is 0 Å². The van der Waals surface area contributed by atoms with Crippen LogP contribution in [0, 0.1) is 14.9 Å². The maximum atomic E-state index is 13.5. The Balaban J connectivity index is 1.54. The molecule has 1 saturated heterocycles. The summed E-state index contributed by atoms with van der Waals surface area (Å²) in [7, 11) is -4.05. The number of benzene rings is 2. The molecule has 0 atom stereocenters. The van der Waals surface area contributed by atoms with Gasteiger partial charge in [-0.05, 0) is 30.4 Å². The summed E-state index contributed by atoms with van der Waals surface area (Å²) in [5.74, 6) is 0. The van der Waals surface area contributed by atoms with Crippen LogP contribution < -0.4 is 0 Å². The summed E-state index contributed by atoms with van der Waals surface area (Å²) < 4.78 is 56.6. The van der Waals surface area contributed by atoms with Crippen molar-refractivity contribution < 1.29 is 22.1 Å². The van der Waals surface area contributed by atoms with Gasteiger partial charge < -0.3 is 4.57 Å². The zero-order valence-corrected chi connectivity index (χ0v) is 18.3. The Hall–Kier alpha value is -2.74. The number of piperazine rings is 1. The third-order valence-corrected chi connectivity index (χ3v) is 7.78. The molecule has 4 rings (SSSR count). The van der Waals surface area contributed by atoms with Crippen LogP contribution in [0.15, 0.2) is 53.4 Å². The van der Waals surface area contributed by atoms with Crippen LogP contribution in [0.4, 0.5) is 14.5 Å². The van der Waals surface area contributed by atoms with Crippen LogP contribution in [0.5, 0.6) is 0 Å². The Morgan fingerprint density at radius 1 is 1.00 bits per heavy atom. The molecule has 3 aromatic rings. The molecule has 13 heteroatoms. The number of nitro groups is 1. The SMILES string of the molecule is O=[N+]([O-])c1ccccc1S(=O)(=O)N1CCN(Cn2c(=S)n(C(F)F)c3ccccc32)CC1. The van der Waals surface area contributed by atoms with Crippen molar-refractivity contribution >= 4 is 39.0 Å². The number of para-hydroxylation sites is 3. The van der Waals surface area contributed by atoms with E-state index in [0.717, 1.165) is 10.6 Å². The number of alkyl halides is 2. The largest absolute Gasteiger partial charge is 0.321 e. The van der Waals surface area contributed by atoms with Crippen LogP contribution in [-0.2, 0) is 16.7 Å². The van der Waals surface area contributed by atoms with E-state index in [2.05, 4.69) is 0 Å². The molecule has 2 aromatic carbocycles. The van der Waals surface area contributed by atoms with Gasteiger partial charge in [0.1, 0.15) is 0 Å². The molecule has 1 fully saturated rings. The fourth-order valence-electron chi connectivity index (χ4n) is 3.83. The lowest BCUT2D eigenvalue weighted by molar-refractivity contribution is -0.387. The van der Waals surface area contributed by atoms with Gasteiger partial charge in [-0.15, -0.1) is 0 Å². The maximum Gasteiger partial charge on any atom is 0.321 e. The molecule has 2 heterocycles. The highest BCUT2D eigenvalue weighted by molar-refractivity contribution is 7.89. The summed E-state index contributed by atoms with van der Waals surface area (Å²) in [6.07, 6.45) is 0. The van der Waals surface area contributed by atoms with Crippen molar-refractivity contribution in [1.29, 1.82) is 0 Å². The van der Waals surface area contributed by atoms with Gasteiger partial charge >= 0.3 is 6.55 Å². The fraction of sp³-hybridized carbons (Fsp3) is 0.316. The van der Waals surface area contributed by atoms with E-state index >= 15 is 0 Å². The Labute approximate surface area is 187 Å². The highest BCUT2D eigenvalue weighted by Crippen LogP contribution is 2.28. The Morgan fingerprint density at radius 2 is 1.59 bits per heavy atom. The molecule has 170 valence electrons. The number of hydrogen-bond acceptors (Lipinski definition) is 6. The molecule has 0 saturated carbocycles. The van der Waals surface area contributed by atoms with Gasteiger partial charge in [0.2, 0.25) is 10.0 Å². The minimum absolute atomic E-state index is 0.0174. The van der Waals surface area contributed by atoms with Crippen molar-refractivity contribution in [1.82, 2.24) is 18.3 Å². The second-order valence-corrected chi connectivity index (χ2v) is 9.51. The first-order valence-electron chi connectivity index (χ1n) is 9.65. The zero-order valence-electron chi connectivity index (χ0n) is 16.7. The third kappa shape index (κ3) is 3.92. The van der Waals surface area contributed by atoms with Crippen LogP contribution >= 0.6 is 12.2 Å². The predicted octanol–water partition coefficient (Wildman–Crippen LogP) is 3.44. The second kappa shape index (κ2) is 8.65. The van der Waals surface area contributed by atoms with Crippen molar-refractivity contribution in [2.75, 3.05) is 26.2 Å². The molecule has 0 radical (unpaired) electrons. The van der Waals surface area contributed by atoms with E-state index in [4.69, 9.17) is 12.2 Å². The van der Waals surface area contributed by atoms with E-state index in [1.54, 1.807) is 28.8 Å². The average Bonchev–Trinajstić information content (AvgIpc) is 3.05. The lowest BCUT2D eigenvalue weighted by Crippen LogP contribution is -2.48. The molecule has 0 N–H and O–H groups in total.